The lowest BCUT2D eigenvalue weighted by Gasteiger charge is -2.17. The first kappa shape index (κ1) is 34.9. The average molecular weight is 681 g/mol. The van der Waals surface area contributed by atoms with E-state index < -0.39 is 5.92 Å². The van der Waals surface area contributed by atoms with Gasteiger partial charge in [0.2, 0.25) is 16.9 Å². The van der Waals surface area contributed by atoms with Crippen LogP contribution < -0.4 is 16.0 Å². The van der Waals surface area contributed by atoms with E-state index in [0.717, 1.165) is 44.6 Å². The molecule has 0 fully saturated rings. The third kappa shape index (κ3) is 8.16. The topological polar surface area (TPSA) is 177 Å². The van der Waals surface area contributed by atoms with Crippen molar-refractivity contribution in [2.24, 2.45) is 16.1 Å². The number of hydrogen-bond donors (Lipinski definition) is 3. The maximum Gasteiger partial charge on any atom is 0.309 e. The van der Waals surface area contributed by atoms with Gasteiger partial charge in [0.15, 0.2) is 17.3 Å². The molecule has 0 bridgehead atoms. The number of azo groups is 1. The van der Waals surface area contributed by atoms with Crippen LogP contribution in [0.3, 0.4) is 0 Å². The van der Waals surface area contributed by atoms with Crippen LogP contribution in [0.1, 0.15) is 41.2 Å². The molecule has 0 amide bonds. The Labute approximate surface area is 288 Å². The highest BCUT2D eigenvalue weighted by atomic mass is 32.1. The summed E-state index contributed by atoms with van der Waals surface area (Å²) in [5, 5.41) is 33.9. The second kappa shape index (κ2) is 15.6. The number of esters is 1. The molecule has 0 aliphatic heterocycles. The summed E-state index contributed by atoms with van der Waals surface area (Å²) in [6, 6.07) is 12.1. The molecular formula is C34H38N11O3S. The van der Waals surface area contributed by atoms with Gasteiger partial charge in [0.05, 0.1) is 29.4 Å². The van der Waals surface area contributed by atoms with Gasteiger partial charge in [-0.15, -0.1) is 15.3 Å². The van der Waals surface area contributed by atoms with E-state index in [1.807, 2.05) is 38.5 Å². The van der Waals surface area contributed by atoms with Gasteiger partial charge in [-0.2, -0.15) is 15.2 Å². The summed E-state index contributed by atoms with van der Waals surface area (Å²) in [6.07, 6.45) is 4.14. The van der Waals surface area contributed by atoms with Gasteiger partial charge in [0, 0.05) is 39.4 Å². The van der Waals surface area contributed by atoms with Crippen LogP contribution in [0.25, 0.3) is 15.3 Å². The summed E-state index contributed by atoms with van der Waals surface area (Å²) in [7, 11) is 4.77. The first-order chi connectivity index (χ1) is 23.6. The number of aromatic nitrogens is 5. The zero-order valence-electron chi connectivity index (χ0n) is 28.5. The minimum absolute atomic E-state index is 0.111. The summed E-state index contributed by atoms with van der Waals surface area (Å²) in [5.74, 6) is 0.659. The molecule has 15 heteroatoms. The Morgan fingerprint density at radius 1 is 1.10 bits per heavy atom. The molecule has 5 rings (SSSR count). The molecule has 49 heavy (non-hydrogen) atoms. The van der Waals surface area contributed by atoms with Crippen LogP contribution in [0.15, 0.2) is 46.8 Å². The molecule has 253 valence electrons. The number of methoxy groups -OCH3 is 2. The number of nitrogens with zero attached hydrogens (tertiary/aromatic N) is 8. The molecule has 3 N–H and O–H groups in total. The molecule has 3 aromatic heterocycles. The Morgan fingerprint density at radius 3 is 2.55 bits per heavy atom. The molecule has 0 aliphatic rings. The van der Waals surface area contributed by atoms with E-state index in [0.29, 0.717) is 41.6 Å². The van der Waals surface area contributed by atoms with E-state index >= 15 is 0 Å². The molecule has 3 heterocycles. The molecule has 14 nitrogen and oxygen atoms in total. The fraction of sp³-hybridized carbons (Fsp3) is 0.324. The zero-order chi connectivity index (χ0) is 35.1. The number of nitrogens with one attached hydrogen (secondary N) is 3. The Hall–Kier alpha value is -5.46. The van der Waals surface area contributed by atoms with E-state index in [1.165, 1.54) is 23.1 Å². The highest BCUT2D eigenvalue weighted by Gasteiger charge is 2.19. The van der Waals surface area contributed by atoms with Gasteiger partial charge in [-0.25, -0.2) is 9.67 Å². The standard InChI is InChI=1S/C34H38N11O3S/c1-19-13-20(2)27(21(3)14-19)39-31-28(30(37-11-8-12-47-6)40-33(36-5)41-31)42-43-29-24(17-35)18-45(44-29)34-38-25-10-9-23(16-26(25)49-34)15-22(4)32(46)48-7/h9-10,13-16,18,22H,8,11-12H2,1-7H3,(H3,36,37,39,40,41). The number of rotatable bonds is 14. The SMILES string of the molecule is CNc1nc(NCCCOC)c(N=Nc2nn(-c3nc4ccc([CH]C(C)C(=O)OC)cc4s3)cc2C#N)c(Nc2c(C)cc(C)cc2C)n1. The van der Waals surface area contributed by atoms with Gasteiger partial charge in [-0.1, -0.05) is 42.0 Å². The number of aryl methyl sites for hydroxylation is 3. The highest BCUT2D eigenvalue weighted by molar-refractivity contribution is 7.20. The first-order valence-electron chi connectivity index (χ1n) is 15.6. The normalized spacial score (nSPS) is 11.9. The molecule has 1 radical (unpaired) electrons. The fourth-order valence-corrected chi connectivity index (χ4v) is 6.12. The molecule has 1 atom stereocenters. The van der Waals surface area contributed by atoms with Crippen LogP contribution in [0, 0.1) is 44.4 Å². The van der Waals surface area contributed by atoms with Crippen LogP contribution in [0.4, 0.5) is 34.8 Å². The molecule has 0 saturated heterocycles. The average Bonchev–Trinajstić information content (AvgIpc) is 3.71. The predicted octanol–water partition coefficient (Wildman–Crippen LogP) is 7.08. The van der Waals surface area contributed by atoms with Crippen molar-refractivity contribution in [3.05, 3.63) is 70.8 Å². The van der Waals surface area contributed by atoms with Gasteiger partial charge in [0.25, 0.3) is 0 Å². The van der Waals surface area contributed by atoms with Gasteiger partial charge >= 0.3 is 5.97 Å². The predicted molar refractivity (Wildman–Crippen MR) is 191 cm³/mol. The number of carbonyl (C=O) groups excluding carboxylic acids is 1. The number of fused-ring (bicyclic) bond motifs is 1. The largest absolute Gasteiger partial charge is 0.469 e. The summed E-state index contributed by atoms with van der Waals surface area (Å²) < 4.78 is 12.5. The smallest absolute Gasteiger partial charge is 0.309 e. The van der Waals surface area contributed by atoms with Crippen molar-refractivity contribution >= 4 is 62.3 Å². The third-order valence-electron chi connectivity index (χ3n) is 7.52. The van der Waals surface area contributed by atoms with Gasteiger partial charge in [-0.3, -0.25) is 4.79 Å². The van der Waals surface area contributed by atoms with Crippen LogP contribution in [0.2, 0.25) is 0 Å². The van der Waals surface area contributed by atoms with Gasteiger partial charge in [-0.05, 0) is 56.0 Å². The van der Waals surface area contributed by atoms with Crippen molar-refractivity contribution in [2.75, 3.05) is 50.4 Å². The Morgan fingerprint density at radius 2 is 1.86 bits per heavy atom. The van der Waals surface area contributed by atoms with Crippen molar-refractivity contribution < 1.29 is 14.3 Å². The lowest BCUT2D eigenvalue weighted by atomic mass is 10.0. The molecule has 1 unspecified atom stereocenters. The Kier molecular flexibility index (Phi) is 11.1. The van der Waals surface area contributed by atoms with E-state index in [2.05, 4.69) is 66.4 Å². The molecular weight excluding hydrogens is 643 g/mol. The monoisotopic (exact) mass is 680 g/mol. The van der Waals surface area contributed by atoms with Crippen molar-refractivity contribution in [2.45, 2.75) is 34.1 Å². The highest BCUT2D eigenvalue weighted by Crippen LogP contribution is 2.37. The van der Waals surface area contributed by atoms with E-state index in [1.54, 1.807) is 27.3 Å². The number of nitriles is 1. The minimum atomic E-state index is -0.395. The maximum atomic E-state index is 11.9. The number of hydrogen-bond acceptors (Lipinski definition) is 14. The van der Waals surface area contributed by atoms with Crippen LogP contribution >= 0.6 is 11.3 Å². The van der Waals surface area contributed by atoms with Crippen molar-refractivity contribution in [3.8, 4) is 11.2 Å². The Balaban J connectivity index is 1.51. The van der Waals surface area contributed by atoms with Crippen molar-refractivity contribution in [1.29, 1.82) is 5.26 Å². The Bertz CT molecular complexity index is 2020. The third-order valence-corrected chi connectivity index (χ3v) is 8.53. The first-order valence-corrected chi connectivity index (χ1v) is 16.4. The molecule has 0 spiro atoms. The number of anilines is 4. The van der Waals surface area contributed by atoms with Crippen LogP contribution in [-0.2, 0) is 14.3 Å². The summed E-state index contributed by atoms with van der Waals surface area (Å²) in [6.45, 7) is 9.03. The summed E-state index contributed by atoms with van der Waals surface area (Å²) >= 11 is 1.39. The lowest BCUT2D eigenvalue weighted by molar-refractivity contribution is -0.143. The summed E-state index contributed by atoms with van der Waals surface area (Å²) in [4.78, 5) is 25.9. The van der Waals surface area contributed by atoms with Crippen molar-refractivity contribution in [3.63, 3.8) is 0 Å². The lowest BCUT2D eigenvalue weighted by Crippen LogP contribution is -2.13. The summed E-state index contributed by atoms with van der Waals surface area (Å²) in [5.41, 5.74) is 6.32. The second-order valence-corrected chi connectivity index (χ2v) is 12.3. The van der Waals surface area contributed by atoms with Gasteiger partial charge in [0.1, 0.15) is 11.6 Å². The molecule has 0 aliphatic carbocycles. The van der Waals surface area contributed by atoms with E-state index in [-0.39, 0.29) is 17.4 Å². The minimum Gasteiger partial charge on any atom is -0.469 e. The molecule has 5 aromatic rings. The second-order valence-electron chi connectivity index (χ2n) is 11.3. The zero-order valence-corrected chi connectivity index (χ0v) is 29.3. The molecule has 0 saturated carbocycles. The fourth-order valence-electron chi connectivity index (χ4n) is 5.18. The number of carbonyl (C=O) groups is 1. The number of thiazole rings is 1. The quantitative estimate of drug-likeness (QED) is 0.0620. The number of ether oxygens (including phenoxy) is 2. The maximum absolute atomic E-state index is 11.9. The van der Waals surface area contributed by atoms with Crippen molar-refractivity contribution in [1.82, 2.24) is 24.7 Å². The van der Waals surface area contributed by atoms with E-state index in [9.17, 15) is 10.1 Å². The van der Waals surface area contributed by atoms with Gasteiger partial charge < -0.3 is 25.4 Å². The molecule has 2 aromatic carbocycles. The van der Waals surface area contributed by atoms with Crippen LogP contribution in [-0.4, -0.2) is 65.1 Å². The van der Waals surface area contributed by atoms with E-state index in [4.69, 9.17) is 14.5 Å². The van der Waals surface area contributed by atoms with Crippen LogP contribution in [0.5, 0.6) is 0 Å². The number of benzene rings is 2.